The molecule has 1 aromatic heterocycles. The van der Waals surface area contributed by atoms with Gasteiger partial charge in [-0.3, -0.25) is 0 Å². The molecule has 0 aliphatic rings. The molecule has 1 heterocycles. The maximum Gasteiger partial charge on any atom is 0.305 e. The highest BCUT2D eigenvalue weighted by Crippen LogP contribution is 2.30. The maximum atomic E-state index is 5.88. The van der Waals surface area contributed by atoms with Crippen LogP contribution in [-0.2, 0) is 0 Å². The van der Waals surface area contributed by atoms with Crippen LogP contribution in [0.5, 0.6) is 5.95 Å². The zero-order chi connectivity index (χ0) is 11.4. The minimum Gasteiger partial charge on any atom is -0.464 e. The van der Waals surface area contributed by atoms with Crippen LogP contribution in [0.15, 0.2) is 45.0 Å². The van der Waals surface area contributed by atoms with Gasteiger partial charge in [0.15, 0.2) is 0 Å². The fourth-order valence-electron chi connectivity index (χ4n) is 1.13. The summed E-state index contributed by atoms with van der Waals surface area (Å²) in [6, 6.07) is 7.52. The summed E-state index contributed by atoms with van der Waals surface area (Å²) >= 11 is 7.28. The molecule has 84 valence electrons. The van der Waals surface area contributed by atoms with Crippen molar-refractivity contribution in [3.63, 3.8) is 0 Å². The summed E-state index contributed by atoms with van der Waals surface area (Å²) in [5.41, 5.74) is 0. The smallest absolute Gasteiger partial charge is 0.305 e. The summed E-state index contributed by atoms with van der Waals surface area (Å²) in [7, 11) is 0. The molecule has 5 heteroatoms. The van der Waals surface area contributed by atoms with Gasteiger partial charge in [-0.2, -0.15) is 0 Å². The summed E-state index contributed by atoms with van der Waals surface area (Å²) in [5, 5.41) is 1.24. The Hall–Kier alpha value is -1.13. The lowest BCUT2D eigenvalue weighted by Crippen LogP contribution is -1.87. The first kappa shape index (κ1) is 11.4. The SMILES string of the molecule is CCOc1cnc(Sc2cccc(Cl)c2)o1. The van der Waals surface area contributed by atoms with Gasteiger partial charge in [0.1, 0.15) is 6.20 Å². The number of aromatic nitrogens is 1. The molecule has 0 radical (unpaired) electrons. The summed E-state index contributed by atoms with van der Waals surface area (Å²) in [6.07, 6.45) is 1.57. The van der Waals surface area contributed by atoms with Crippen LogP contribution in [0.1, 0.15) is 6.92 Å². The molecular formula is C11H10ClNO2S. The highest BCUT2D eigenvalue weighted by molar-refractivity contribution is 7.99. The van der Waals surface area contributed by atoms with E-state index in [1.807, 2.05) is 31.2 Å². The number of ether oxygens (including phenoxy) is 1. The average molecular weight is 256 g/mol. The van der Waals surface area contributed by atoms with Crippen molar-refractivity contribution in [2.24, 2.45) is 0 Å². The fraction of sp³-hybridized carbons (Fsp3) is 0.182. The van der Waals surface area contributed by atoms with Crippen LogP contribution in [0.3, 0.4) is 0 Å². The zero-order valence-electron chi connectivity index (χ0n) is 8.64. The molecule has 1 aromatic carbocycles. The van der Waals surface area contributed by atoms with Crippen LogP contribution < -0.4 is 4.74 Å². The van der Waals surface area contributed by atoms with Crippen molar-refractivity contribution in [3.05, 3.63) is 35.5 Å². The van der Waals surface area contributed by atoms with Gasteiger partial charge in [-0.25, -0.2) is 4.98 Å². The molecule has 0 saturated heterocycles. The van der Waals surface area contributed by atoms with Crippen LogP contribution >= 0.6 is 23.4 Å². The van der Waals surface area contributed by atoms with Crippen molar-refractivity contribution in [2.75, 3.05) is 6.61 Å². The molecule has 0 aliphatic carbocycles. The predicted molar refractivity (Wildman–Crippen MR) is 63.2 cm³/mol. The average Bonchev–Trinajstić information content (AvgIpc) is 2.66. The molecule has 0 amide bonds. The van der Waals surface area contributed by atoms with Gasteiger partial charge in [0.25, 0.3) is 5.22 Å². The lowest BCUT2D eigenvalue weighted by atomic mass is 10.4. The molecule has 2 rings (SSSR count). The van der Waals surface area contributed by atoms with Gasteiger partial charge in [0.2, 0.25) is 0 Å². The summed E-state index contributed by atoms with van der Waals surface area (Å²) in [5.74, 6) is 0.437. The standard InChI is InChI=1S/C11H10ClNO2S/c1-2-14-10-7-13-11(15-10)16-9-5-3-4-8(12)6-9/h3-7H,2H2,1H3. The Labute approximate surface area is 103 Å². The van der Waals surface area contributed by atoms with E-state index in [1.54, 1.807) is 6.20 Å². The van der Waals surface area contributed by atoms with Gasteiger partial charge < -0.3 is 9.15 Å². The van der Waals surface area contributed by atoms with Crippen molar-refractivity contribution in [1.82, 2.24) is 4.98 Å². The predicted octanol–water partition coefficient (Wildman–Crippen LogP) is 3.88. The van der Waals surface area contributed by atoms with E-state index in [0.717, 1.165) is 4.90 Å². The maximum absolute atomic E-state index is 5.88. The minimum absolute atomic E-state index is 0.437. The van der Waals surface area contributed by atoms with E-state index in [1.165, 1.54) is 11.8 Å². The summed E-state index contributed by atoms with van der Waals surface area (Å²) < 4.78 is 10.5. The minimum atomic E-state index is 0.437. The molecule has 0 unspecified atom stereocenters. The van der Waals surface area contributed by atoms with Gasteiger partial charge in [-0.05, 0) is 36.9 Å². The Bertz CT molecular complexity index is 473. The molecule has 3 nitrogen and oxygen atoms in total. The second-order valence-electron chi connectivity index (χ2n) is 2.94. The third-order valence-corrected chi connectivity index (χ3v) is 2.84. The topological polar surface area (TPSA) is 35.3 Å². The normalized spacial score (nSPS) is 10.4. The first-order valence-corrected chi connectivity index (χ1v) is 5.99. The van der Waals surface area contributed by atoms with E-state index in [4.69, 9.17) is 20.8 Å². The first-order chi connectivity index (χ1) is 7.78. The Morgan fingerprint density at radius 3 is 3.12 bits per heavy atom. The van der Waals surface area contributed by atoms with Crippen molar-refractivity contribution >= 4 is 23.4 Å². The van der Waals surface area contributed by atoms with Gasteiger partial charge >= 0.3 is 5.95 Å². The molecule has 0 atom stereocenters. The van der Waals surface area contributed by atoms with E-state index in [9.17, 15) is 0 Å². The highest BCUT2D eigenvalue weighted by atomic mass is 35.5. The molecule has 0 spiro atoms. The van der Waals surface area contributed by atoms with Gasteiger partial charge in [0, 0.05) is 9.92 Å². The summed E-state index contributed by atoms with van der Waals surface area (Å²) in [6.45, 7) is 2.46. The van der Waals surface area contributed by atoms with Crippen molar-refractivity contribution in [1.29, 1.82) is 0 Å². The third-order valence-electron chi connectivity index (χ3n) is 1.75. The highest BCUT2D eigenvalue weighted by Gasteiger charge is 2.06. The fourth-order valence-corrected chi connectivity index (χ4v) is 2.15. The molecule has 0 N–H and O–H groups in total. The van der Waals surface area contributed by atoms with E-state index in [2.05, 4.69) is 4.98 Å². The molecule has 16 heavy (non-hydrogen) atoms. The van der Waals surface area contributed by atoms with Gasteiger partial charge in [0.05, 0.1) is 6.61 Å². The Kier molecular flexibility index (Phi) is 3.74. The quantitative estimate of drug-likeness (QED) is 0.831. The van der Waals surface area contributed by atoms with Crippen LogP contribution in [0.2, 0.25) is 5.02 Å². The van der Waals surface area contributed by atoms with E-state index in [0.29, 0.717) is 22.8 Å². The molecule has 2 aromatic rings. The molecule has 0 saturated carbocycles. The van der Waals surface area contributed by atoms with Crippen molar-refractivity contribution < 1.29 is 9.15 Å². The Morgan fingerprint density at radius 2 is 2.38 bits per heavy atom. The molecule has 0 bridgehead atoms. The van der Waals surface area contributed by atoms with Crippen LogP contribution in [-0.4, -0.2) is 11.6 Å². The van der Waals surface area contributed by atoms with Crippen LogP contribution in [0.25, 0.3) is 0 Å². The third kappa shape index (κ3) is 2.93. The largest absolute Gasteiger partial charge is 0.464 e. The monoisotopic (exact) mass is 255 g/mol. The van der Waals surface area contributed by atoms with Gasteiger partial charge in [-0.1, -0.05) is 17.7 Å². The first-order valence-electron chi connectivity index (χ1n) is 4.80. The van der Waals surface area contributed by atoms with E-state index in [-0.39, 0.29) is 0 Å². The van der Waals surface area contributed by atoms with Gasteiger partial charge in [-0.15, -0.1) is 0 Å². The zero-order valence-corrected chi connectivity index (χ0v) is 10.2. The number of halogens is 1. The summed E-state index contributed by atoms with van der Waals surface area (Å²) in [4.78, 5) is 5.07. The number of hydrogen-bond acceptors (Lipinski definition) is 4. The van der Waals surface area contributed by atoms with Crippen molar-refractivity contribution in [2.45, 2.75) is 17.0 Å². The molecule has 0 aliphatic heterocycles. The number of oxazole rings is 1. The molecule has 0 fully saturated rings. The molecular weight excluding hydrogens is 246 g/mol. The van der Waals surface area contributed by atoms with Crippen LogP contribution in [0, 0.1) is 0 Å². The lowest BCUT2D eigenvalue weighted by Gasteiger charge is -1.97. The second kappa shape index (κ2) is 5.27. The van der Waals surface area contributed by atoms with Crippen LogP contribution in [0.4, 0.5) is 0 Å². The van der Waals surface area contributed by atoms with Crippen molar-refractivity contribution in [3.8, 4) is 5.95 Å². The van der Waals surface area contributed by atoms with E-state index < -0.39 is 0 Å². The Morgan fingerprint density at radius 1 is 1.50 bits per heavy atom. The second-order valence-corrected chi connectivity index (χ2v) is 4.40. The lowest BCUT2D eigenvalue weighted by molar-refractivity contribution is 0.238. The number of rotatable bonds is 4. The number of nitrogens with zero attached hydrogens (tertiary/aromatic N) is 1. The number of hydrogen-bond donors (Lipinski definition) is 0. The Balaban J connectivity index is 2.08. The number of benzene rings is 1. The van der Waals surface area contributed by atoms with E-state index >= 15 is 0 Å².